The van der Waals surface area contributed by atoms with Crippen molar-refractivity contribution in [1.29, 1.82) is 0 Å². The third-order valence-corrected chi connectivity index (χ3v) is 2.88. The first-order chi connectivity index (χ1) is 7.17. The molecule has 1 aromatic heterocycles. The molecule has 1 rings (SSSR count). The molecular formula is C12H21N3. The van der Waals surface area contributed by atoms with Gasteiger partial charge in [0.1, 0.15) is 5.82 Å². The molecule has 3 N–H and O–H groups in total. The molecular weight excluding hydrogens is 186 g/mol. The zero-order valence-electron chi connectivity index (χ0n) is 9.88. The maximum Gasteiger partial charge on any atom is 0.126 e. The first-order valence-corrected chi connectivity index (χ1v) is 5.63. The molecule has 0 aromatic carbocycles. The van der Waals surface area contributed by atoms with Crippen molar-refractivity contribution in [2.45, 2.75) is 33.6 Å². The third kappa shape index (κ3) is 3.42. The van der Waals surface area contributed by atoms with Crippen molar-refractivity contribution >= 4 is 11.5 Å². The number of rotatable bonds is 5. The Morgan fingerprint density at radius 1 is 1.40 bits per heavy atom. The largest absolute Gasteiger partial charge is 0.397 e. The molecule has 84 valence electrons. The van der Waals surface area contributed by atoms with Crippen LogP contribution in [0.5, 0.6) is 0 Å². The average molecular weight is 207 g/mol. The van der Waals surface area contributed by atoms with Gasteiger partial charge in [-0.2, -0.15) is 0 Å². The summed E-state index contributed by atoms with van der Waals surface area (Å²) in [7, 11) is 0. The fourth-order valence-electron chi connectivity index (χ4n) is 1.49. The molecule has 15 heavy (non-hydrogen) atoms. The van der Waals surface area contributed by atoms with Gasteiger partial charge in [-0.05, 0) is 24.5 Å². The van der Waals surface area contributed by atoms with Crippen LogP contribution >= 0.6 is 0 Å². The van der Waals surface area contributed by atoms with Gasteiger partial charge >= 0.3 is 0 Å². The number of nitrogens with one attached hydrogen (secondary N) is 1. The number of nitrogens with zero attached hydrogens (tertiary/aromatic N) is 1. The highest BCUT2D eigenvalue weighted by Gasteiger charge is 2.03. The number of pyridine rings is 1. The van der Waals surface area contributed by atoms with E-state index in [4.69, 9.17) is 5.73 Å². The van der Waals surface area contributed by atoms with Crippen LogP contribution in [0.25, 0.3) is 0 Å². The Morgan fingerprint density at radius 2 is 2.07 bits per heavy atom. The maximum absolute atomic E-state index is 5.71. The molecule has 0 atom stereocenters. The van der Waals surface area contributed by atoms with Crippen molar-refractivity contribution in [3.63, 3.8) is 0 Å². The second kappa shape index (κ2) is 5.59. The second-order valence-corrected chi connectivity index (χ2v) is 3.99. The van der Waals surface area contributed by atoms with E-state index in [0.717, 1.165) is 29.5 Å². The van der Waals surface area contributed by atoms with Gasteiger partial charge in [0, 0.05) is 6.54 Å². The topological polar surface area (TPSA) is 50.9 Å². The first-order valence-electron chi connectivity index (χ1n) is 5.63. The number of aromatic nitrogens is 1. The summed E-state index contributed by atoms with van der Waals surface area (Å²) in [6, 6.07) is 2.00. The number of nitrogen functional groups attached to an aromatic ring is 1. The van der Waals surface area contributed by atoms with Crippen LogP contribution in [0.4, 0.5) is 11.5 Å². The van der Waals surface area contributed by atoms with Gasteiger partial charge in [0.2, 0.25) is 0 Å². The van der Waals surface area contributed by atoms with Gasteiger partial charge in [-0.3, -0.25) is 0 Å². The fraction of sp³-hybridized carbons (Fsp3) is 0.583. The normalized spacial score (nSPS) is 10.7. The molecule has 3 nitrogen and oxygen atoms in total. The van der Waals surface area contributed by atoms with Gasteiger partial charge in [0.05, 0.1) is 11.9 Å². The SMILES string of the molecule is CCC(CC)CNc1cc(C)c(N)cn1. The Balaban J connectivity index is 2.54. The van der Waals surface area contributed by atoms with Gasteiger partial charge in [0.25, 0.3) is 0 Å². The Kier molecular flexibility index (Phi) is 4.40. The molecule has 0 saturated carbocycles. The Hall–Kier alpha value is -1.25. The van der Waals surface area contributed by atoms with Gasteiger partial charge in [-0.15, -0.1) is 0 Å². The van der Waals surface area contributed by atoms with Crippen LogP contribution in [-0.2, 0) is 0 Å². The van der Waals surface area contributed by atoms with Gasteiger partial charge in [-0.25, -0.2) is 4.98 Å². The number of aryl methyl sites for hydroxylation is 1. The van der Waals surface area contributed by atoms with Crippen LogP contribution in [0.3, 0.4) is 0 Å². The number of hydrogen-bond acceptors (Lipinski definition) is 3. The zero-order valence-corrected chi connectivity index (χ0v) is 9.88. The molecule has 3 heteroatoms. The van der Waals surface area contributed by atoms with E-state index < -0.39 is 0 Å². The number of nitrogens with two attached hydrogens (primary N) is 1. The van der Waals surface area contributed by atoms with Crippen LogP contribution in [-0.4, -0.2) is 11.5 Å². The van der Waals surface area contributed by atoms with Crippen molar-refractivity contribution in [2.75, 3.05) is 17.6 Å². The summed E-state index contributed by atoms with van der Waals surface area (Å²) >= 11 is 0. The molecule has 0 aliphatic carbocycles. The monoisotopic (exact) mass is 207 g/mol. The van der Waals surface area contributed by atoms with Crippen LogP contribution in [0.2, 0.25) is 0 Å². The predicted octanol–water partition coefficient (Wildman–Crippen LogP) is 2.82. The predicted molar refractivity (Wildman–Crippen MR) is 65.9 cm³/mol. The summed E-state index contributed by atoms with van der Waals surface area (Å²) in [6.45, 7) is 7.43. The minimum Gasteiger partial charge on any atom is -0.397 e. The summed E-state index contributed by atoms with van der Waals surface area (Å²) in [5.41, 5.74) is 7.54. The van der Waals surface area contributed by atoms with Crippen molar-refractivity contribution < 1.29 is 0 Å². The second-order valence-electron chi connectivity index (χ2n) is 3.99. The zero-order chi connectivity index (χ0) is 11.3. The molecule has 0 aliphatic heterocycles. The standard InChI is InChI=1S/C12H21N3/c1-4-10(5-2)7-14-12-6-9(3)11(13)8-15-12/h6,8,10H,4-5,7,13H2,1-3H3,(H,14,15). The Bertz CT molecular complexity index is 306. The first kappa shape index (κ1) is 11.8. The lowest BCUT2D eigenvalue weighted by Gasteiger charge is -2.14. The highest BCUT2D eigenvalue weighted by atomic mass is 15.0. The molecule has 0 amide bonds. The van der Waals surface area contributed by atoms with Gasteiger partial charge in [-0.1, -0.05) is 26.7 Å². The van der Waals surface area contributed by atoms with Crippen LogP contribution in [0.1, 0.15) is 32.3 Å². The van der Waals surface area contributed by atoms with Crippen LogP contribution < -0.4 is 11.1 Å². The van der Waals surface area contributed by atoms with E-state index in [1.807, 2.05) is 13.0 Å². The van der Waals surface area contributed by atoms with Crippen molar-refractivity contribution in [2.24, 2.45) is 5.92 Å². The molecule has 0 bridgehead atoms. The highest BCUT2D eigenvalue weighted by molar-refractivity contribution is 5.50. The molecule has 0 fully saturated rings. The lowest BCUT2D eigenvalue weighted by atomic mass is 10.0. The molecule has 0 unspecified atom stereocenters. The Labute approximate surface area is 92.1 Å². The Morgan fingerprint density at radius 3 is 2.60 bits per heavy atom. The lowest BCUT2D eigenvalue weighted by molar-refractivity contribution is 0.518. The maximum atomic E-state index is 5.71. The smallest absolute Gasteiger partial charge is 0.126 e. The van der Waals surface area contributed by atoms with E-state index in [-0.39, 0.29) is 0 Å². The summed E-state index contributed by atoms with van der Waals surface area (Å²) in [4.78, 5) is 4.24. The quantitative estimate of drug-likeness (QED) is 0.780. The molecule has 0 saturated heterocycles. The van der Waals surface area contributed by atoms with Crippen LogP contribution in [0.15, 0.2) is 12.3 Å². The summed E-state index contributed by atoms with van der Waals surface area (Å²) in [5, 5.41) is 3.35. The molecule has 1 heterocycles. The molecule has 0 aliphatic rings. The average Bonchev–Trinajstić information content (AvgIpc) is 2.24. The minimum atomic E-state index is 0.727. The molecule has 0 radical (unpaired) electrons. The summed E-state index contributed by atoms with van der Waals surface area (Å²) in [6.07, 6.45) is 4.12. The van der Waals surface area contributed by atoms with Gasteiger partial charge in [0.15, 0.2) is 0 Å². The van der Waals surface area contributed by atoms with E-state index in [0.29, 0.717) is 0 Å². The third-order valence-electron chi connectivity index (χ3n) is 2.88. The van der Waals surface area contributed by atoms with E-state index in [9.17, 15) is 0 Å². The number of anilines is 2. The van der Waals surface area contributed by atoms with Crippen LogP contribution in [0, 0.1) is 12.8 Å². The van der Waals surface area contributed by atoms with E-state index in [1.165, 1.54) is 12.8 Å². The molecule has 0 spiro atoms. The van der Waals surface area contributed by atoms with E-state index in [1.54, 1.807) is 6.20 Å². The lowest BCUT2D eigenvalue weighted by Crippen LogP contribution is -2.13. The van der Waals surface area contributed by atoms with Gasteiger partial charge < -0.3 is 11.1 Å². The van der Waals surface area contributed by atoms with Crippen molar-refractivity contribution in [3.8, 4) is 0 Å². The fourth-order valence-corrected chi connectivity index (χ4v) is 1.49. The molecule has 1 aromatic rings. The van der Waals surface area contributed by atoms with E-state index in [2.05, 4.69) is 24.1 Å². The van der Waals surface area contributed by atoms with Crippen molar-refractivity contribution in [3.05, 3.63) is 17.8 Å². The number of hydrogen-bond donors (Lipinski definition) is 2. The minimum absolute atomic E-state index is 0.727. The van der Waals surface area contributed by atoms with Crippen molar-refractivity contribution in [1.82, 2.24) is 4.98 Å². The summed E-state index contributed by atoms with van der Waals surface area (Å²) in [5.74, 6) is 1.65. The van der Waals surface area contributed by atoms with E-state index >= 15 is 0 Å². The highest BCUT2D eigenvalue weighted by Crippen LogP contribution is 2.14. The summed E-state index contributed by atoms with van der Waals surface area (Å²) < 4.78 is 0.